The number of nitrogens with one attached hydrogen (secondary N) is 1. The third-order valence-corrected chi connectivity index (χ3v) is 6.04. The Morgan fingerprint density at radius 2 is 1.67 bits per heavy atom. The second kappa shape index (κ2) is 10.4. The molecule has 1 heterocycles. The molecule has 33 heavy (non-hydrogen) atoms. The summed E-state index contributed by atoms with van der Waals surface area (Å²) in [4.78, 5) is 38.4. The zero-order valence-electron chi connectivity index (χ0n) is 17.4. The Labute approximate surface area is 200 Å². The Kier molecular flexibility index (Phi) is 7.12. The van der Waals surface area contributed by atoms with Gasteiger partial charge in [0.15, 0.2) is 0 Å². The van der Waals surface area contributed by atoms with Gasteiger partial charge in [0.2, 0.25) is 5.91 Å². The van der Waals surface area contributed by atoms with E-state index in [1.54, 1.807) is 54.6 Å². The molecule has 166 valence electrons. The van der Waals surface area contributed by atoms with Gasteiger partial charge in [-0.15, -0.1) is 0 Å². The summed E-state index contributed by atoms with van der Waals surface area (Å²) in [5, 5.41) is 2.84. The zero-order chi connectivity index (χ0) is 23.2. The molecule has 3 amide bonds. The van der Waals surface area contributed by atoms with Gasteiger partial charge in [0, 0.05) is 16.3 Å². The van der Waals surface area contributed by atoms with Crippen LogP contribution in [0.1, 0.15) is 11.1 Å². The van der Waals surface area contributed by atoms with Crippen LogP contribution in [-0.4, -0.2) is 28.5 Å². The largest absolute Gasteiger partial charge is 0.489 e. The van der Waals surface area contributed by atoms with Crippen molar-refractivity contribution in [1.29, 1.82) is 0 Å². The Morgan fingerprint density at radius 1 is 0.970 bits per heavy atom. The number of thioether (sulfide) groups is 1. The summed E-state index contributed by atoms with van der Waals surface area (Å²) in [6.07, 6.45) is 1.62. The summed E-state index contributed by atoms with van der Waals surface area (Å²) in [6.45, 7) is -0.00528. The Bertz CT molecular complexity index is 1210. The molecule has 0 aromatic heterocycles. The van der Waals surface area contributed by atoms with Gasteiger partial charge in [0.1, 0.15) is 18.9 Å². The average Bonchev–Trinajstić information content (AvgIpc) is 3.07. The molecule has 8 heteroatoms. The fourth-order valence-corrected chi connectivity index (χ4v) is 4.12. The fourth-order valence-electron chi connectivity index (χ4n) is 3.09. The molecule has 1 saturated heterocycles. The Hall–Kier alpha value is -3.55. The summed E-state index contributed by atoms with van der Waals surface area (Å²) in [5.41, 5.74) is 2.22. The van der Waals surface area contributed by atoms with Gasteiger partial charge in [-0.1, -0.05) is 60.1 Å². The number of carbonyl (C=O) groups is 3. The highest BCUT2D eigenvalue weighted by molar-refractivity contribution is 8.18. The van der Waals surface area contributed by atoms with E-state index in [1.165, 1.54) is 0 Å². The van der Waals surface area contributed by atoms with Crippen molar-refractivity contribution in [2.24, 2.45) is 0 Å². The molecular formula is C25H19ClN2O4S. The third kappa shape index (κ3) is 5.83. The van der Waals surface area contributed by atoms with E-state index in [-0.39, 0.29) is 11.4 Å². The number of para-hydroxylation sites is 1. The number of rotatable bonds is 7. The number of nitrogens with zero attached hydrogens (tertiary/aromatic N) is 1. The van der Waals surface area contributed by atoms with Crippen LogP contribution < -0.4 is 10.1 Å². The second-order valence-corrected chi connectivity index (χ2v) is 8.53. The second-order valence-electron chi connectivity index (χ2n) is 7.13. The van der Waals surface area contributed by atoms with Gasteiger partial charge >= 0.3 is 0 Å². The lowest BCUT2D eigenvalue weighted by Crippen LogP contribution is -2.36. The van der Waals surface area contributed by atoms with Gasteiger partial charge in [-0.25, -0.2) is 0 Å². The minimum Gasteiger partial charge on any atom is -0.489 e. The lowest BCUT2D eigenvalue weighted by molar-refractivity contribution is -0.127. The first-order valence-electron chi connectivity index (χ1n) is 10.1. The van der Waals surface area contributed by atoms with Crippen molar-refractivity contribution in [3.63, 3.8) is 0 Å². The molecule has 3 aromatic carbocycles. The fraction of sp³-hybridized carbons (Fsp3) is 0.0800. The maximum atomic E-state index is 12.7. The zero-order valence-corrected chi connectivity index (χ0v) is 18.9. The number of hydrogen-bond donors (Lipinski definition) is 1. The van der Waals surface area contributed by atoms with Gasteiger partial charge in [-0.05, 0) is 53.7 Å². The van der Waals surface area contributed by atoms with E-state index in [1.807, 2.05) is 30.3 Å². The van der Waals surface area contributed by atoms with E-state index in [0.717, 1.165) is 27.8 Å². The number of ether oxygens (including phenoxy) is 1. The van der Waals surface area contributed by atoms with Crippen molar-refractivity contribution in [3.8, 4) is 5.75 Å². The highest BCUT2D eigenvalue weighted by atomic mass is 35.5. The van der Waals surface area contributed by atoms with Gasteiger partial charge in [0.05, 0.1) is 4.91 Å². The van der Waals surface area contributed by atoms with Crippen LogP contribution in [0, 0.1) is 0 Å². The summed E-state index contributed by atoms with van der Waals surface area (Å²) in [7, 11) is 0. The summed E-state index contributed by atoms with van der Waals surface area (Å²) < 4.78 is 5.76. The normalized spacial score (nSPS) is 14.6. The van der Waals surface area contributed by atoms with E-state index in [0.29, 0.717) is 23.1 Å². The quantitative estimate of drug-likeness (QED) is 0.448. The molecule has 0 saturated carbocycles. The molecule has 1 aliphatic rings. The molecule has 0 unspecified atom stereocenters. The number of hydrogen-bond acceptors (Lipinski definition) is 5. The summed E-state index contributed by atoms with van der Waals surface area (Å²) in [5.74, 6) is -0.283. The van der Waals surface area contributed by atoms with Crippen LogP contribution in [-0.2, 0) is 16.2 Å². The van der Waals surface area contributed by atoms with Crippen LogP contribution in [0.3, 0.4) is 0 Å². The molecule has 1 aliphatic heterocycles. The third-order valence-electron chi connectivity index (χ3n) is 4.76. The maximum absolute atomic E-state index is 12.7. The van der Waals surface area contributed by atoms with Gasteiger partial charge in [0.25, 0.3) is 11.1 Å². The molecule has 0 radical (unpaired) electrons. The molecule has 0 aliphatic carbocycles. The van der Waals surface area contributed by atoms with E-state index in [2.05, 4.69) is 5.32 Å². The Morgan fingerprint density at radius 3 is 2.39 bits per heavy atom. The minimum atomic E-state index is -0.493. The van der Waals surface area contributed by atoms with Crippen LogP contribution >= 0.6 is 23.4 Å². The SMILES string of the molecule is O=C(CN1C(=O)S/C(=C\c2ccc(OCc3ccccc3Cl)cc2)C1=O)Nc1ccccc1. The van der Waals surface area contributed by atoms with Crippen molar-refractivity contribution in [2.75, 3.05) is 11.9 Å². The molecule has 4 rings (SSSR count). The van der Waals surface area contributed by atoms with Crippen molar-refractivity contribution in [1.82, 2.24) is 4.90 Å². The number of amides is 3. The topological polar surface area (TPSA) is 75.7 Å². The smallest absolute Gasteiger partial charge is 0.294 e. The van der Waals surface area contributed by atoms with Crippen molar-refractivity contribution < 1.29 is 19.1 Å². The van der Waals surface area contributed by atoms with E-state index in [4.69, 9.17) is 16.3 Å². The number of anilines is 1. The standard InChI is InChI=1S/C25H19ClN2O4S/c26-21-9-5-4-6-18(21)16-32-20-12-10-17(11-13-20)14-22-24(30)28(25(31)33-22)15-23(29)27-19-7-2-1-3-8-19/h1-14H,15-16H2,(H,27,29)/b22-14-. The first-order valence-corrected chi connectivity index (χ1v) is 11.3. The Balaban J connectivity index is 1.36. The highest BCUT2D eigenvalue weighted by Gasteiger charge is 2.36. The van der Waals surface area contributed by atoms with Crippen LogP contribution in [0.5, 0.6) is 5.75 Å². The number of benzene rings is 3. The van der Waals surface area contributed by atoms with Crippen LogP contribution in [0.25, 0.3) is 6.08 Å². The predicted octanol–water partition coefficient (Wildman–Crippen LogP) is 5.59. The van der Waals surface area contributed by atoms with Gasteiger partial charge in [-0.2, -0.15) is 0 Å². The summed E-state index contributed by atoms with van der Waals surface area (Å²) in [6, 6.07) is 23.4. The maximum Gasteiger partial charge on any atom is 0.294 e. The van der Waals surface area contributed by atoms with Gasteiger partial charge in [-0.3, -0.25) is 19.3 Å². The van der Waals surface area contributed by atoms with Crippen molar-refractivity contribution >= 4 is 52.2 Å². The highest BCUT2D eigenvalue weighted by Crippen LogP contribution is 2.32. The monoisotopic (exact) mass is 478 g/mol. The molecule has 3 aromatic rings. The lowest BCUT2D eigenvalue weighted by atomic mass is 10.2. The number of carbonyl (C=O) groups excluding carboxylic acids is 3. The molecular weight excluding hydrogens is 460 g/mol. The minimum absolute atomic E-state index is 0.261. The average molecular weight is 479 g/mol. The molecule has 0 bridgehead atoms. The molecule has 6 nitrogen and oxygen atoms in total. The first-order chi connectivity index (χ1) is 16.0. The number of halogens is 1. The molecule has 0 atom stereocenters. The molecule has 1 fully saturated rings. The molecule has 1 N–H and O–H groups in total. The summed E-state index contributed by atoms with van der Waals surface area (Å²) >= 11 is 6.95. The van der Waals surface area contributed by atoms with E-state index in [9.17, 15) is 14.4 Å². The van der Waals surface area contributed by atoms with Crippen LogP contribution in [0.15, 0.2) is 83.8 Å². The molecule has 0 spiro atoms. The lowest BCUT2D eigenvalue weighted by Gasteiger charge is -2.12. The van der Waals surface area contributed by atoms with Crippen molar-refractivity contribution in [2.45, 2.75) is 6.61 Å². The van der Waals surface area contributed by atoms with E-state index < -0.39 is 17.1 Å². The van der Waals surface area contributed by atoms with Crippen molar-refractivity contribution in [3.05, 3.63) is 99.9 Å². The van der Waals surface area contributed by atoms with Crippen LogP contribution in [0.2, 0.25) is 5.02 Å². The first kappa shape index (κ1) is 22.6. The van der Waals surface area contributed by atoms with Crippen LogP contribution in [0.4, 0.5) is 10.5 Å². The number of imide groups is 1. The van der Waals surface area contributed by atoms with E-state index >= 15 is 0 Å². The predicted molar refractivity (Wildman–Crippen MR) is 130 cm³/mol. The van der Waals surface area contributed by atoms with Gasteiger partial charge < -0.3 is 10.1 Å².